The van der Waals surface area contributed by atoms with Crippen LogP contribution >= 0.6 is 0 Å². The molecule has 86 valence electrons. The van der Waals surface area contributed by atoms with Crippen molar-refractivity contribution in [2.75, 3.05) is 13.1 Å². The molecule has 0 N–H and O–H groups in total. The third-order valence-corrected chi connectivity index (χ3v) is 3.55. The van der Waals surface area contributed by atoms with Gasteiger partial charge in [0.2, 0.25) is 5.91 Å². The molecule has 1 aliphatic rings. The largest absolute Gasteiger partial charge is 0.334 e. The van der Waals surface area contributed by atoms with Crippen molar-refractivity contribution in [3.05, 3.63) is 0 Å². The summed E-state index contributed by atoms with van der Waals surface area (Å²) in [6.07, 6.45) is 3.33. The van der Waals surface area contributed by atoms with Crippen molar-refractivity contribution in [1.29, 1.82) is 0 Å². The van der Waals surface area contributed by atoms with Gasteiger partial charge in [-0.3, -0.25) is 9.59 Å². The summed E-state index contributed by atoms with van der Waals surface area (Å²) in [4.78, 5) is 25.7. The number of unbranched alkanes of at least 4 members (excludes halogenated alkanes) is 1. The van der Waals surface area contributed by atoms with Crippen LogP contribution in [0.4, 0.5) is 0 Å². The van der Waals surface area contributed by atoms with E-state index in [0.29, 0.717) is 19.4 Å². The van der Waals surface area contributed by atoms with Crippen LogP contribution < -0.4 is 0 Å². The van der Waals surface area contributed by atoms with E-state index < -0.39 is 5.41 Å². The molecule has 1 saturated heterocycles. The molecule has 0 aromatic carbocycles. The van der Waals surface area contributed by atoms with Gasteiger partial charge in [0, 0.05) is 6.54 Å². The third kappa shape index (κ3) is 1.92. The lowest BCUT2D eigenvalue weighted by Gasteiger charge is -2.23. The molecule has 1 aliphatic heterocycles. The molecule has 0 aromatic heterocycles. The van der Waals surface area contributed by atoms with Crippen LogP contribution in [0.2, 0.25) is 0 Å². The summed E-state index contributed by atoms with van der Waals surface area (Å²) in [5.74, 6) is 0.180. The third-order valence-electron chi connectivity index (χ3n) is 3.55. The van der Waals surface area contributed by atoms with Crippen molar-refractivity contribution in [2.45, 2.75) is 46.5 Å². The number of likely N-dealkylation sites (tertiary alicyclic amines) is 1. The molecular weight excluding hydrogens is 190 g/mol. The van der Waals surface area contributed by atoms with E-state index in [1.807, 2.05) is 13.8 Å². The number of ketones is 1. The lowest BCUT2D eigenvalue weighted by molar-refractivity contribution is -0.139. The highest BCUT2D eigenvalue weighted by Crippen LogP contribution is 2.35. The fourth-order valence-electron chi connectivity index (χ4n) is 2.29. The lowest BCUT2D eigenvalue weighted by Crippen LogP contribution is -2.36. The summed E-state index contributed by atoms with van der Waals surface area (Å²) < 4.78 is 0. The Bertz CT molecular complexity index is 256. The second kappa shape index (κ2) is 4.77. The van der Waals surface area contributed by atoms with Gasteiger partial charge in [-0.2, -0.15) is 0 Å². The Kier molecular flexibility index (Phi) is 3.89. The molecule has 0 bridgehead atoms. The minimum absolute atomic E-state index is 0.0611. The Labute approximate surface area is 91.8 Å². The zero-order valence-electron chi connectivity index (χ0n) is 10.0. The summed E-state index contributed by atoms with van der Waals surface area (Å²) in [6, 6.07) is 0. The zero-order chi connectivity index (χ0) is 11.5. The van der Waals surface area contributed by atoms with Crippen LogP contribution in [0.25, 0.3) is 0 Å². The lowest BCUT2D eigenvalue weighted by atomic mass is 9.80. The maximum atomic E-state index is 12.1. The van der Waals surface area contributed by atoms with Gasteiger partial charge in [-0.15, -0.1) is 0 Å². The van der Waals surface area contributed by atoms with Crippen molar-refractivity contribution in [2.24, 2.45) is 5.41 Å². The standard InChI is InChI=1S/C12H21NO2/c1-4-7-8-13-9-10(14)12(5-2,6-3)11(13)15/h4-9H2,1-3H3. The number of hydrogen-bond acceptors (Lipinski definition) is 2. The van der Waals surface area contributed by atoms with Crippen LogP contribution in [-0.4, -0.2) is 29.7 Å². The molecule has 1 fully saturated rings. The highest BCUT2D eigenvalue weighted by molar-refractivity contribution is 6.12. The van der Waals surface area contributed by atoms with E-state index >= 15 is 0 Å². The van der Waals surface area contributed by atoms with Gasteiger partial charge in [-0.05, 0) is 19.3 Å². The van der Waals surface area contributed by atoms with E-state index in [-0.39, 0.29) is 11.7 Å². The van der Waals surface area contributed by atoms with Gasteiger partial charge in [0.1, 0.15) is 5.41 Å². The highest BCUT2D eigenvalue weighted by atomic mass is 16.2. The van der Waals surface area contributed by atoms with Gasteiger partial charge in [-0.25, -0.2) is 0 Å². The first kappa shape index (κ1) is 12.2. The monoisotopic (exact) mass is 211 g/mol. The van der Waals surface area contributed by atoms with Gasteiger partial charge in [0.25, 0.3) is 0 Å². The van der Waals surface area contributed by atoms with E-state index in [2.05, 4.69) is 6.92 Å². The van der Waals surface area contributed by atoms with Crippen molar-refractivity contribution in [1.82, 2.24) is 4.90 Å². The van der Waals surface area contributed by atoms with Gasteiger partial charge in [-0.1, -0.05) is 27.2 Å². The number of carbonyl (C=O) groups excluding carboxylic acids is 2. The van der Waals surface area contributed by atoms with Crippen LogP contribution in [0.15, 0.2) is 0 Å². The molecule has 15 heavy (non-hydrogen) atoms. The smallest absolute Gasteiger partial charge is 0.236 e. The first-order chi connectivity index (χ1) is 7.12. The Balaban J connectivity index is 2.78. The molecule has 0 atom stereocenters. The number of carbonyl (C=O) groups is 2. The maximum Gasteiger partial charge on any atom is 0.236 e. The number of nitrogens with zero attached hydrogens (tertiary/aromatic N) is 1. The second-order valence-corrected chi connectivity index (χ2v) is 4.29. The van der Waals surface area contributed by atoms with Crippen LogP contribution in [0, 0.1) is 5.41 Å². The quantitative estimate of drug-likeness (QED) is 0.652. The summed E-state index contributed by atoms with van der Waals surface area (Å²) in [5, 5.41) is 0. The van der Waals surface area contributed by atoms with Crippen molar-refractivity contribution >= 4 is 11.7 Å². The van der Waals surface area contributed by atoms with Crippen LogP contribution in [-0.2, 0) is 9.59 Å². The summed E-state index contributed by atoms with van der Waals surface area (Å²) in [7, 11) is 0. The number of amides is 1. The zero-order valence-corrected chi connectivity index (χ0v) is 10.0. The highest BCUT2D eigenvalue weighted by Gasteiger charge is 2.50. The first-order valence-corrected chi connectivity index (χ1v) is 5.95. The predicted octanol–water partition coefficient (Wildman–Crippen LogP) is 2.00. The van der Waals surface area contributed by atoms with E-state index in [0.717, 1.165) is 19.4 Å². The summed E-state index contributed by atoms with van der Waals surface area (Å²) in [5.41, 5.74) is -0.687. The molecule has 3 nitrogen and oxygen atoms in total. The van der Waals surface area contributed by atoms with E-state index in [4.69, 9.17) is 0 Å². The molecule has 1 amide bonds. The Morgan fingerprint density at radius 3 is 2.20 bits per heavy atom. The topological polar surface area (TPSA) is 37.4 Å². The normalized spacial score (nSPS) is 20.1. The van der Waals surface area contributed by atoms with Gasteiger partial charge in [0.05, 0.1) is 6.54 Å². The molecule has 1 heterocycles. The molecule has 0 saturated carbocycles. The van der Waals surface area contributed by atoms with E-state index in [1.165, 1.54) is 0 Å². The van der Waals surface area contributed by atoms with Crippen molar-refractivity contribution < 1.29 is 9.59 Å². The van der Waals surface area contributed by atoms with Crippen molar-refractivity contribution in [3.8, 4) is 0 Å². The molecule has 1 rings (SSSR count). The minimum Gasteiger partial charge on any atom is -0.334 e. The Morgan fingerprint density at radius 2 is 1.80 bits per heavy atom. The average Bonchev–Trinajstić information content (AvgIpc) is 2.48. The fourth-order valence-corrected chi connectivity index (χ4v) is 2.29. The molecule has 0 unspecified atom stereocenters. The van der Waals surface area contributed by atoms with Gasteiger partial charge in [0.15, 0.2) is 5.78 Å². The van der Waals surface area contributed by atoms with Gasteiger partial charge < -0.3 is 4.90 Å². The predicted molar refractivity (Wildman–Crippen MR) is 59.5 cm³/mol. The summed E-state index contributed by atoms with van der Waals surface area (Å²) >= 11 is 0. The number of hydrogen-bond donors (Lipinski definition) is 0. The number of Topliss-reactive ketones (excluding diaryl/α,β-unsaturated/α-hetero) is 1. The molecule has 0 spiro atoms. The Morgan fingerprint density at radius 1 is 1.20 bits per heavy atom. The average molecular weight is 211 g/mol. The van der Waals surface area contributed by atoms with E-state index in [9.17, 15) is 9.59 Å². The van der Waals surface area contributed by atoms with Crippen LogP contribution in [0.1, 0.15) is 46.5 Å². The fraction of sp³-hybridized carbons (Fsp3) is 0.833. The molecule has 0 aromatic rings. The SMILES string of the molecule is CCCCN1CC(=O)C(CC)(CC)C1=O. The number of rotatable bonds is 5. The van der Waals surface area contributed by atoms with Gasteiger partial charge >= 0.3 is 0 Å². The van der Waals surface area contributed by atoms with Crippen LogP contribution in [0.5, 0.6) is 0 Å². The Hall–Kier alpha value is -0.860. The first-order valence-electron chi connectivity index (χ1n) is 5.95. The summed E-state index contributed by atoms with van der Waals surface area (Å²) in [6.45, 7) is 7.03. The van der Waals surface area contributed by atoms with Crippen LogP contribution in [0.3, 0.4) is 0 Å². The molecule has 0 aliphatic carbocycles. The molecule has 0 radical (unpaired) electrons. The van der Waals surface area contributed by atoms with E-state index in [1.54, 1.807) is 4.90 Å². The molecular formula is C12H21NO2. The second-order valence-electron chi connectivity index (χ2n) is 4.29. The van der Waals surface area contributed by atoms with Crippen molar-refractivity contribution in [3.63, 3.8) is 0 Å². The minimum atomic E-state index is -0.687. The molecule has 3 heteroatoms. The maximum absolute atomic E-state index is 12.1.